The number of hydrogen-bond acceptors (Lipinski definition) is 3. The van der Waals surface area contributed by atoms with Crippen LogP contribution in [0.3, 0.4) is 0 Å². The number of aromatic hydroxyl groups is 1. The van der Waals surface area contributed by atoms with E-state index in [2.05, 4.69) is 5.32 Å². The largest absolute Gasteiger partial charge is 0.506 e. The zero-order chi connectivity index (χ0) is 17.9. The number of halogens is 4. The second-order valence-corrected chi connectivity index (χ2v) is 5.02. The van der Waals surface area contributed by atoms with E-state index in [0.717, 1.165) is 6.07 Å². The Morgan fingerprint density at radius 3 is 2.33 bits per heavy atom. The maximum atomic E-state index is 12.5. The Kier molecular flexibility index (Phi) is 4.99. The second-order valence-electron chi connectivity index (χ2n) is 4.62. The first-order chi connectivity index (χ1) is 11.2. The minimum absolute atomic E-state index is 0.0472. The molecule has 3 N–H and O–H groups in total. The topological polar surface area (TPSA) is 78.4 Å². The number of hydrogen-bond donors (Lipinski definition) is 3. The van der Waals surface area contributed by atoms with Gasteiger partial charge in [-0.1, -0.05) is 23.7 Å². The van der Waals surface area contributed by atoms with Crippen molar-refractivity contribution in [2.75, 3.05) is 5.32 Å². The van der Waals surface area contributed by atoms with E-state index >= 15 is 0 Å². The van der Waals surface area contributed by atoms with Crippen LogP contribution in [0.5, 0.6) is 5.75 Å². The lowest BCUT2D eigenvalue weighted by Gasteiger charge is -2.11. The molecule has 5 nitrogen and oxygen atoms in total. The third kappa shape index (κ3) is 4.17. The van der Waals surface area contributed by atoms with Gasteiger partial charge < -0.3 is 10.4 Å². The van der Waals surface area contributed by atoms with Crippen molar-refractivity contribution in [3.63, 3.8) is 0 Å². The Hall–Kier alpha value is -2.74. The monoisotopic (exact) mass is 358 g/mol. The highest BCUT2D eigenvalue weighted by Gasteiger charge is 2.31. The van der Waals surface area contributed by atoms with E-state index in [1.165, 1.54) is 12.1 Å². The van der Waals surface area contributed by atoms with Gasteiger partial charge in [0.25, 0.3) is 5.91 Å². The molecule has 2 rings (SSSR count). The molecule has 126 valence electrons. The van der Waals surface area contributed by atoms with Gasteiger partial charge in [0.2, 0.25) is 0 Å². The summed E-state index contributed by atoms with van der Waals surface area (Å²) in [5, 5.41) is 13.7. The van der Waals surface area contributed by atoms with Gasteiger partial charge in [-0.15, -0.1) is 0 Å². The van der Waals surface area contributed by atoms with Crippen molar-refractivity contribution >= 4 is 29.2 Å². The number of alkyl halides is 3. The van der Waals surface area contributed by atoms with Crippen LogP contribution in [0.1, 0.15) is 15.9 Å². The molecule has 9 heteroatoms. The summed E-state index contributed by atoms with van der Waals surface area (Å²) in [6.07, 6.45) is -4.63. The van der Waals surface area contributed by atoms with Gasteiger partial charge in [0.05, 0.1) is 21.8 Å². The maximum Gasteiger partial charge on any atom is 0.416 e. The molecule has 2 aromatic rings. The normalized spacial score (nSPS) is 11.0. The fourth-order valence-corrected chi connectivity index (χ4v) is 2.00. The average molecular weight is 359 g/mol. The first-order valence-corrected chi connectivity index (χ1v) is 6.83. The van der Waals surface area contributed by atoms with E-state index in [0.29, 0.717) is 12.1 Å². The third-order valence-electron chi connectivity index (χ3n) is 2.92. The minimum Gasteiger partial charge on any atom is -0.506 e. The molecule has 0 aliphatic carbocycles. The number of anilines is 1. The van der Waals surface area contributed by atoms with Crippen molar-refractivity contribution in [3.05, 3.63) is 58.6 Å². The Balaban J connectivity index is 2.08. The van der Waals surface area contributed by atoms with E-state index in [1.54, 1.807) is 12.1 Å². The van der Waals surface area contributed by atoms with Crippen LogP contribution in [0, 0.1) is 0 Å². The molecule has 0 spiro atoms. The molecule has 0 aromatic heterocycles. The lowest BCUT2D eigenvalue weighted by atomic mass is 10.2. The number of carbonyl (C=O) groups excluding carboxylic acids is 2. The average Bonchev–Trinajstić information content (AvgIpc) is 2.48. The second kappa shape index (κ2) is 6.79. The zero-order valence-electron chi connectivity index (χ0n) is 11.8. The van der Waals surface area contributed by atoms with Gasteiger partial charge in [-0.3, -0.25) is 10.1 Å². The molecule has 0 atom stereocenters. The highest BCUT2D eigenvalue weighted by atomic mass is 35.5. The molecule has 0 aliphatic heterocycles. The summed E-state index contributed by atoms with van der Waals surface area (Å²) in [6, 6.07) is 6.97. The molecule has 0 saturated heterocycles. The predicted octanol–water partition coefficient (Wildman–Crippen LogP) is 4.03. The van der Waals surface area contributed by atoms with Gasteiger partial charge in [-0.25, -0.2) is 4.79 Å². The summed E-state index contributed by atoms with van der Waals surface area (Å²) in [5.74, 6) is -1.59. The van der Waals surface area contributed by atoms with Crippen molar-refractivity contribution in [1.82, 2.24) is 5.32 Å². The van der Waals surface area contributed by atoms with E-state index < -0.39 is 29.4 Å². The minimum atomic E-state index is -4.63. The number of rotatable bonds is 2. The number of urea groups is 1. The Morgan fingerprint density at radius 1 is 1.08 bits per heavy atom. The van der Waals surface area contributed by atoms with Crippen LogP contribution in [0.15, 0.2) is 42.5 Å². The summed E-state index contributed by atoms with van der Waals surface area (Å²) in [4.78, 5) is 23.6. The van der Waals surface area contributed by atoms with E-state index in [9.17, 15) is 27.9 Å². The van der Waals surface area contributed by atoms with Crippen LogP contribution in [0.2, 0.25) is 5.02 Å². The summed E-state index contributed by atoms with van der Waals surface area (Å²) in [5.41, 5.74) is -1.31. The van der Waals surface area contributed by atoms with E-state index in [-0.39, 0.29) is 16.3 Å². The number of phenolic OH excluding ortho intramolecular Hbond substituents is 1. The molecular formula is C15H10ClF3N2O3. The van der Waals surface area contributed by atoms with Crippen LogP contribution in [-0.4, -0.2) is 17.0 Å². The van der Waals surface area contributed by atoms with Crippen LogP contribution in [-0.2, 0) is 6.18 Å². The lowest BCUT2D eigenvalue weighted by Crippen LogP contribution is -2.34. The van der Waals surface area contributed by atoms with E-state index in [1.807, 2.05) is 5.32 Å². The summed E-state index contributed by atoms with van der Waals surface area (Å²) >= 11 is 5.81. The van der Waals surface area contributed by atoms with Crippen LogP contribution in [0.25, 0.3) is 0 Å². The molecule has 0 saturated carbocycles. The number of amides is 3. The van der Waals surface area contributed by atoms with Crippen molar-refractivity contribution < 1.29 is 27.9 Å². The molecule has 0 aliphatic rings. The zero-order valence-corrected chi connectivity index (χ0v) is 12.6. The van der Waals surface area contributed by atoms with Crippen LogP contribution < -0.4 is 10.6 Å². The molecule has 0 bridgehead atoms. The van der Waals surface area contributed by atoms with Gasteiger partial charge in [0.1, 0.15) is 5.75 Å². The van der Waals surface area contributed by atoms with Crippen molar-refractivity contribution in [2.24, 2.45) is 0 Å². The fourth-order valence-electron chi connectivity index (χ4n) is 1.78. The van der Waals surface area contributed by atoms with Crippen LogP contribution in [0.4, 0.5) is 23.7 Å². The molecule has 2 aromatic carbocycles. The third-order valence-corrected chi connectivity index (χ3v) is 3.25. The highest BCUT2D eigenvalue weighted by molar-refractivity contribution is 6.34. The fraction of sp³-hybridized carbons (Fsp3) is 0.0667. The number of imide groups is 1. The van der Waals surface area contributed by atoms with Crippen LogP contribution >= 0.6 is 11.6 Å². The summed E-state index contributed by atoms with van der Waals surface area (Å²) < 4.78 is 37.5. The van der Waals surface area contributed by atoms with Crippen molar-refractivity contribution in [1.29, 1.82) is 0 Å². The van der Waals surface area contributed by atoms with Gasteiger partial charge in [0.15, 0.2) is 0 Å². The standard InChI is InChI=1S/C15H10ClF3N2O3/c16-10-4-2-1-3-9(10)13(23)21-14(24)20-11-6-5-8(7-12(11)22)15(17,18)19/h1-7,22H,(H2,20,21,23,24). The summed E-state index contributed by atoms with van der Waals surface area (Å²) in [7, 11) is 0. The predicted molar refractivity (Wildman–Crippen MR) is 81.0 cm³/mol. The number of benzene rings is 2. The first-order valence-electron chi connectivity index (χ1n) is 6.45. The molecule has 3 amide bonds. The van der Waals surface area contributed by atoms with Gasteiger partial charge in [-0.05, 0) is 30.3 Å². The number of nitrogens with one attached hydrogen (secondary N) is 2. The molecule has 0 heterocycles. The first kappa shape index (κ1) is 17.6. The Labute approximate surface area is 139 Å². The molecule has 0 fully saturated rings. The van der Waals surface area contributed by atoms with Crippen molar-refractivity contribution in [3.8, 4) is 5.75 Å². The SMILES string of the molecule is O=C(NC(=O)c1ccccc1Cl)Nc1ccc(C(F)(F)F)cc1O. The molecule has 0 radical (unpaired) electrons. The Morgan fingerprint density at radius 2 is 1.75 bits per heavy atom. The van der Waals surface area contributed by atoms with Gasteiger partial charge >= 0.3 is 12.2 Å². The lowest BCUT2D eigenvalue weighted by molar-refractivity contribution is -0.137. The van der Waals surface area contributed by atoms with Gasteiger partial charge in [0, 0.05) is 0 Å². The molecule has 0 unspecified atom stereocenters. The quantitative estimate of drug-likeness (QED) is 0.709. The summed E-state index contributed by atoms with van der Waals surface area (Å²) in [6.45, 7) is 0. The number of carbonyl (C=O) groups is 2. The molecular weight excluding hydrogens is 349 g/mol. The van der Waals surface area contributed by atoms with E-state index in [4.69, 9.17) is 11.6 Å². The highest BCUT2D eigenvalue weighted by Crippen LogP contribution is 2.34. The van der Waals surface area contributed by atoms with Crippen molar-refractivity contribution in [2.45, 2.75) is 6.18 Å². The molecule has 24 heavy (non-hydrogen) atoms. The smallest absolute Gasteiger partial charge is 0.416 e. The maximum absolute atomic E-state index is 12.5. The van der Waals surface area contributed by atoms with Gasteiger partial charge in [-0.2, -0.15) is 13.2 Å². The Bertz CT molecular complexity index is 794. The number of phenols is 1.